The van der Waals surface area contributed by atoms with E-state index in [9.17, 15) is 4.79 Å². The molecule has 19 heavy (non-hydrogen) atoms. The normalized spacial score (nSPS) is 13.1. The Morgan fingerprint density at radius 2 is 2.16 bits per heavy atom. The van der Waals surface area contributed by atoms with Crippen LogP contribution in [0.2, 0.25) is 5.02 Å². The molecule has 0 spiro atoms. The first-order valence-corrected chi connectivity index (χ1v) is 6.39. The van der Waals surface area contributed by atoms with Gasteiger partial charge in [-0.05, 0) is 17.9 Å². The fourth-order valence-corrected chi connectivity index (χ4v) is 1.90. The van der Waals surface area contributed by atoms with Crippen LogP contribution in [0.5, 0.6) is 0 Å². The molecule has 1 rings (SSSR count). The zero-order chi connectivity index (χ0) is 14.6. The number of aromatic nitrogens is 1. The summed E-state index contributed by atoms with van der Waals surface area (Å²) in [6.45, 7) is 6.18. The molecule has 0 amide bonds. The van der Waals surface area contributed by atoms with E-state index in [-0.39, 0.29) is 28.6 Å². The number of rotatable bonds is 5. The summed E-state index contributed by atoms with van der Waals surface area (Å²) in [7, 11) is 0. The molecule has 0 aliphatic heterocycles. The minimum atomic E-state index is -1.07. The van der Waals surface area contributed by atoms with Crippen LogP contribution in [0.1, 0.15) is 37.6 Å². The maximum atomic E-state index is 10.8. The average molecular weight is 287 g/mol. The van der Waals surface area contributed by atoms with Crippen molar-refractivity contribution >= 4 is 23.4 Å². The van der Waals surface area contributed by atoms with Crippen molar-refractivity contribution in [1.29, 1.82) is 0 Å². The van der Waals surface area contributed by atoms with E-state index >= 15 is 0 Å². The summed E-state index contributed by atoms with van der Waals surface area (Å²) in [5, 5.41) is 21.4. The first kappa shape index (κ1) is 15.7. The molecular formula is C13H19ClN2O3. The van der Waals surface area contributed by atoms with E-state index in [0.29, 0.717) is 12.2 Å². The third-order valence-electron chi connectivity index (χ3n) is 2.86. The molecule has 1 unspecified atom stereocenters. The monoisotopic (exact) mass is 286 g/mol. The number of nitrogens with one attached hydrogen (secondary N) is 1. The van der Waals surface area contributed by atoms with Gasteiger partial charge in [-0.2, -0.15) is 0 Å². The van der Waals surface area contributed by atoms with Gasteiger partial charge in [0.25, 0.3) is 0 Å². The van der Waals surface area contributed by atoms with Gasteiger partial charge in [0.2, 0.25) is 0 Å². The molecule has 0 aliphatic rings. The number of aliphatic hydroxyl groups is 1. The van der Waals surface area contributed by atoms with Crippen LogP contribution in [0.15, 0.2) is 12.3 Å². The fourth-order valence-electron chi connectivity index (χ4n) is 1.68. The summed E-state index contributed by atoms with van der Waals surface area (Å²) < 4.78 is 0. The summed E-state index contributed by atoms with van der Waals surface area (Å²) in [5.74, 6) is -0.635. The van der Waals surface area contributed by atoms with Crippen LogP contribution in [0, 0.1) is 5.41 Å². The van der Waals surface area contributed by atoms with Crippen molar-refractivity contribution in [1.82, 2.24) is 4.98 Å². The minimum Gasteiger partial charge on any atom is -0.478 e. The predicted molar refractivity (Wildman–Crippen MR) is 74.8 cm³/mol. The Morgan fingerprint density at radius 1 is 1.53 bits per heavy atom. The molecule has 0 radical (unpaired) electrons. The zero-order valence-electron chi connectivity index (χ0n) is 11.3. The third-order valence-corrected chi connectivity index (χ3v) is 3.15. The van der Waals surface area contributed by atoms with Gasteiger partial charge in [-0.25, -0.2) is 9.78 Å². The predicted octanol–water partition coefficient (Wildman–Crippen LogP) is 2.64. The third kappa shape index (κ3) is 4.36. The van der Waals surface area contributed by atoms with E-state index < -0.39 is 5.97 Å². The van der Waals surface area contributed by atoms with Crippen LogP contribution < -0.4 is 5.32 Å². The average Bonchev–Trinajstić information content (AvgIpc) is 2.29. The molecule has 0 aromatic carbocycles. The van der Waals surface area contributed by atoms with Crippen LogP contribution in [0.4, 0.5) is 5.82 Å². The van der Waals surface area contributed by atoms with E-state index in [0.717, 1.165) is 0 Å². The number of hydrogen-bond acceptors (Lipinski definition) is 4. The van der Waals surface area contributed by atoms with Crippen molar-refractivity contribution < 1.29 is 15.0 Å². The molecular weight excluding hydrogens is 268 g/mol. The molecule has 0 saturated carbocycles. The van der Waals surface area contributed by atoms with Gasteiger partial charge in [0.15, 0.2) is 0 Å². The summed E-state index contributed by atoms with van der Waals surface area (Å²) in [4.78, 5) is 14.8. The molecule has 0 saturated heterocycles. The maximum absolute atomic E-state index is 10.8. The number of anilines is 1. The lowest BCUT2D eigenvalue weighted by Gasteiger charge is -2.31. The van der Waals surface area contributed by atoms with E-state index in [4.69, 9.17) is 21.8 Å². The highest BCUT2D eigenvalue weighted by Crippen LogP contribution is 2.28. The Bertz CT molecular complexity index is 458. The molecule has 3 N–H and O–H groups in total. The van der Waals surface area contributed by atoms with Crippen molar-refractivity contribution in [3.63, 3.8) is 0 Å². The summed E-state index contributed by atoms with van der Waals surface area (Å²) in [6.07, 6.45) is 1.82. The van der Waals surface area contributed by atoms with Gasteiger partial charge in [-0.3, -0.25) is 0 Å². The van der Waals surface area contributed by atoms with E-state index in [2.05, 4.69) is 10.3 Å². The highest BCUT2D eigenvalue weighted by molar-refractivity contribution is 6.33. The largest absolute Gasteiger partial charge is 0.478 e. The number of halogens is 1. The molecule has 6 heteroatoms. The molecule has 0 aliphatic carbocycles. The highest BCUT2D eigenvalue weighted by atomic mass is 35.5. The fraction of sp³-hybridized carbons (Fsp3) is 0.538. The highest BCUT2D eigenvalue weighted by Gasteiger charge is 2.25. The Balaban J connectivity index is 2.94. The first-order chi connectivity index (χ1) is 8.75. The van der Waals surface area contributed by atoms with Gasteiger partial charge in [0.05, 0.1) is 10.6 Å². The second kappa shape index (κ2) is 6.21. The number of aliphatic hydroxyl groups excluding tert-OH is 1. The van der Waals surface area contributed by atoms with Gasteiger partial charge in [0.1, 0.15) is 5.82 Å². The topological polar surface area (TPSA) is 82.5 Å². The lowest BCUT2D eigenvalue weighted by molar-refractivity contribution is 0.0696. The molecule has 0 bridgehead atoms. The van der Waals surface area contributed by atoms with Crippen molar-refractivity contribution in [2.45, 2.75) is 33.2 Å². The summed E-state index contributed by atoms with van der Waals surface area (Å²) in [6, 6.07) is 1.34. The van der Waals surface area contributed by atoms with Crippen LogP contribution in [-0.2, 0) is 0 Å². The number of pyridine rings is 1. The smallest absolute Gasteiger partial charge is 0.337 e. The lowest BCUT2D eigenvalue weighted by atomic mass is 9.85. The Hall–Kier alpha value is -1.33. The minimum absolute atomic E-state index is 0.0156. The van der Waals surface area contributed by atoms with Gasteiger partial charge < -0.3 is 15.5 Å². The van der Waals surface area contributed by atoms with Crippen LogP contribution in [0.25, 0.3) is 0 Å². The van der Waals surface area contributed by atoms with Crippen molar-refractivity contribution in [2.75, 3.05) is 11.9 Å². The van der Waals surface area contributed by atoms with E-state index in [1.165, 1.54) is 12.3 Å². The Kier molecular flexibility index (Phi) is 5.14. The van der Waals surface area contributed by atoms with Crippen LogP contribution >= 0.6 is 11.6 Å². The van der Waals surface area contributed by atoms with Gasteiger partial charge >= 0.3 is 5.97 Å². The second-order valence-electron chi connectivity index (χ2n) is 5.43. The quantitative estimate of drug-likeness (QED) is 0.775. The SMILES string of the molecule is CC(C)(C)C(CCO)Nc1ncc(C(=O)O)cc1Cl. The Morgan fingerprint density at radius 3 is 2.58 bits per heavy atom. The molecule has 0 fully saturated rings. The summed E-state index contributed by atoms with van der Waals surface area (Å²) in [5.41, 5.74) is -0.0378. The van der Waals surface area contributed by atoms with Gasteiger partial charge in [-0.1, -0.05) is 32.4 Å². The number of carbonyl (C=O) groups is 1. The second-order valence-corrected chi connectivity index (χ2v) is 5.84. The molecule has 106 valence electrons. The zero-order valence-corrected chi connectivity index (χ0v) is 12.0. The molecule has 1 aromatic rings. The standard InChI is InChI=1S/C13H19ClN2O3/c1-13(2,3)10(4-5-17)16-11-9(14)6-8(7-15-11)12(18)19/h6-7,10,17H,4-5H2,1-3H3,(H,15,16)(H,18,19). The van der Waals surface area contributed by atoms with Crippen LogP contribution in [0.3, 0.4) is 0 Å². The van der Waals surface area contributed by atoms with Gasteiger partial charge in [0, 0.05) is 18.8 Å². The van der Waals surface area contributed by atoms with Gasteiger partial charge in [-0.15, -0.1) is 0 Å². The van der Waals surface area contributed by atoms with Crippen molar-refractivity contribution in [3.05, 3.63) is 22.8 Å². The Labute approximate surface area is 117 Å². The number of hydrogen-bond donors (Lipinski definition) is 3. The molecule has 1 atom stereocenters. The number of carboxylic acids is 1. The lowest BCUT2D eigenvalue weighted by Crippen LogP contribution is -2.35. The number of aromatic carboxylic acids is 1. The van der Waals surface area contributed by atoms with Crippen molar-refractivity contribution in [2.24, 2.45) is 5.41 Å². The number of carboxylic acid groups (broad SMARTS) is 1. The molecule has 1 aromatic heterocycles. The molecule has 5 nitrogen and oxygen atoms in total. The first-order valence-electron chi connectivity index (χ1n) is 6.02. The van der Waals surface area contributed by atoms with Crippen molar-refractivity contribution in [3.8, 4) is 0 Å². The number of nitrogens with zero attached hydrogens (tertiary/aromatic N) is 1. The maximum Gasteiger partial charge on any atom is 0.337 e. The van der Waals surface area contributed by atoms with E-state index in [1.54, 1.807) is 0 Å². The van der Waals surface area contributed by atoms with E-state index in [1.807, 2.05) is 20.8 Å². The summed E-state index contributed by atoms with van der Waals surface area (Å²) >= 11 is 6.02. The van der Waals surface area contributed by atoms with Crippen LogP contribution in [-0.4, -0.2) is 33.8 Å². The molecule has 1 heterocycles.